The van der Waals surface area contributed by atoms with Crippen LogP contribution < -0.4 is 4.74 Å². The van der Waals surface area contributed by atoms with Crippen LogP contribution in [0, 0.1) is 5.82 Å². The number of benzene rings is 1. The molecule has 0 heterocycles. The Balaban J connectivity index is 3.26. The molecule has 0 aliphatic carbocycles. The minimum absolute atomic E-state index is 0.0202. The van der Waals surface area contributed by atoms with Crippen molar-refractivity contribution in [3.05, 3.63) is 29.1 Å². The van der Waals surface area contributed by atoms with Crippen LogP contribution in [0.1, 0.15) is 30.9 Å². The number of hydrogen-bond acceptors (Lipinski definition) is 2. The highest BCUT2D eigenvalue weighted by Crippen LogP contribution is 2.31. The highest BCUT2D eigenvalue weighted by Gasteiger charge is 2.14. The summed E-state index contributed by atoms with van der Waals surface area (Å²) in [6, 6.07) is 2.85. The molecule has 15 heavy (non-hydrogen) atoms. The molecule has 1 aromatic rings. The van der Waals surface area contributed by atoms with Gasteiger partial charge in [0.25, 0.3) is 0 Å². The number of hydrogen-bond donors (Lipinski definition) is 1. The molecular weight excluding hydrogens is 195 g/mol. The summed E-state index contributed by atoms with van der Waals surface area (Å²) in [6.07, 6.45) is 0.460. The molecule has 0 saturated heterocycles. The summed E-state index contributed by atoms with van der Waals surface area (Å²) in [5.41, 5.74) is 1.80. The van der Waals surface area contributed by atoms with Crippen LogP contribution in [-0.4, -0.2) is 18.8 Å². The average Bonchev–Trinajstić information content (AvgIpc) is 2.16. The first-order valence-electron chi connectivity index (χ1n) is 5.07. The van der Waals surface area contributed by atoms with Gasteiger partial charge in [-0.05, 0) is 24.0 Å². The third-order valence-electron chi connectivity index (χ3n) is 2.37. The van der Waals surface area contributed by atoms with E-state index in [0.717, 1.165) is 11.1 Å². The lowest BCUT2D eigenvalue weighted by molar-refractivity contribution is 0.298. The molecule has 2 nitrogen and oxygen atoms in total. The molecule has 0 spiro atoms. The van der Waals surface area contributed by atoms with Gasteiger partial charge < -0.3 is 9.84 Å². The van der Waals surface area contributed by atoms with Gasteiger partial charge in [-0.25, -0.2) is 4.39 Å². The molecule has 84 valence electrons. The van der Waals surface area contributed by atoms with Crippen LogP contribution in [0.4, 0.5) is 4.39 Å². The van der Waals surface area contributed by atoms with Gasteiger partial charge in [-0.2, -0.15) is 0 Å². The van der Waals surface area contributed by atoms with Crippen molar-refractivity contribution in [2.75, 3.05) is 13.7 Å². The topological polar surface area (TPSA) is 29.5 Å². The zero-order chi connectivity index (χ0) is 11.4. The van der Waals surface area contributed by atoms with Gasteiger partial charge in [0.1, 0.15) is 11.6 Å². The Morgan fingerprint density at radius 2 is 2.07 bits per heavy atom. The number of methoxy groups -OCH3 is 1. The minimum Gasteiger partial charge on any atom is -0.496 e. The second kappa shape index (κ2) is 5.12. The van der Waals surface area contributed by atoms with Crippen molar-refractivity contribution in [2.45, 2.75) is 26.2 Å². The highest BCUT2D eigenvalue weighted by atomic mass is 19.1. The van der Waals surface area contributed by atoms with Gasteiger partial charge in [0.2, 0.25) is 0 Å². The van der Waals surface area contributed by atoms with Crippen molar-refractivity contribution in [1.29, 1.82) is 0 Å². The van der Waals surface area contributed by atoms with Crippen LogP contribution in [0.3, 0.4) is 0 Å². The minimum atomic E-state index is -0.320. The fraction of sp³-hybridized carbons (Fsp3) is 0.500. The van der Waals surface area contributed by atoms with Crippen molar-refractivity contribution >= 4 is 0 Å². The van der Waals surface area contributed by atoms with Gasteiger partial charge in [-0.3, -0.25) is 0 Å². The Bertz CT molecular complexity index is 335. The predicted octanol–water partition coefficient (Wildman–Crippen LogP) is 2.49. The first kappa shape index (κ1) is 12.0. The second-order valence-electron chi connectivity index (χ2n) is 3.81. The molecule has 3 heteroatoms. The maximum Gasteiger partial charge on any atom is 0.127 e. The van der Waals surface area contributed by atoms with Gasteiger partial charge >= 0.3 is 0 Å². The van der Waals surface area contributed by atoms with Gasteiger partial charge in [0.05, 0.1) is 7.11 Å². The molecule has 0 fully saturated rings. The molecular formula is C12H17FO2. The number of rotatable bonds is 4. The normalized spacial score (nSPS) is 10.8. The van der Waals surface area contributed by atoms with E-state index < -0.39 is 0 Å². The summed E-state index contributed by atoms with van der Waals surface area (Å²) in [5.74, 6) is 0.496. The van der Waals surface area contributed by atoms with Crippen molar-refractivity contribution in [2.24, 2.45) is 0 Å². The Kier molecular flexibility index (Phi) is 4.09. The third-order valence-corrected chi connectivity index (χ3v) is 2.37. The van der Waals surface area contributed by atoms with Crippen LogP contribution in [0.25, 0.3) is 0 Å². The SMILES string of the molecule is COc1cc(F)cc(CCO)c1C(C)C. The molecule has 0 aliphatic heterocycles. The quantitative estimate of drug-likeness (QED) is 0.830. The zero-order valence-electron chi connectivity index (χ0n) is 9.38. The number of aliphatic hydroxyl groups excluding tert-OH is 1. The molecule has 1 aromatic carbocycles. The van der Waals surface area contributed by atoms with Crippen molar-refractivity contribution < 1.29 is 14.2 Å². The lowest BCUT2D eigenvalue weighted by Crippen LogP contribution is -2.03. The molecule has 0 amide bonds. The predicted molar refractivity (Wildman–Crippen MR) is 57.8 cm³/mol. The Morgan fingerprint density at radius 1 is 1.40 bits per heavy atom. The first-order chi connectivity index (χ1) is 7.10. The van der Waals surface area contributed by atoms with Crippen LogP contribution in [0.2, 0.25) is 0 Å². The van der Waals surface area contributed by atoms with Gasteiger partial charge in [-0.15, -0.1) is 0 Å². The summed E-state index contributed by atoms with van der Waals surface area (Å²) in [5, 5.41) is 8.92. The summed E-state index contributed by atoms with van der Waals surface area (Å²) >= 11 is 0. The van der Waals surface area contributed by atoms with Gasteiger partial charge in [0, 0.05) is 18.2 Å². The highest BCUT2D eigenvalue weighted by molar-refractivity contribution is 5.43. The molecule has 0 aliphatic rings. The van der Waals surface area contributed by atoms with E-state index in [1.807, 2.05) is 13.8 Å². The molecule has 0 aromatic heterocycles. The second-order valence-corrected chi connectivity index (χ2v) is 3.81. The van der Waals surface area contributed by atoms with Crippen molar-refractivity contribution in [1.82, 2.24) is 0 Å². The van der Waals surface area contributed by atoms with E-state index in [4.69, 9.17) is 9.84 Å². The number of halogens is 1. The van der Waals surface area contributed by atoms with Crippen LogP contribution in [0.15, 0.2) is 12.1 Å². The molecule has 0 atom stereocenters. The maximum atomic E-state index is 13.2. The van der Waals surface area contributed by atoms with Gasteiger partial charge in [0.15, 0.2) is 0 Å². The van der Waals surface area contributed by atoms with E-state index in [-0.39, 0.29) is 18.3 Å². The Hall–Kier alpha value is -1.09. The van der Waals surface area contributed by atoms with Crippen LogP contribution in [0.5, 0.6) is 5.75 Å². The van der Waals surface area contributed by atoms with Crippen LogP contribution >= 0.6 is 0 Å². The van der Waals surface area contributed by atoms with Crippen molar-refractivity contribution in [3.8, 4) is 5.75 Å². The molecule has 0 saturated carbocycles. The average molecular weight is 212 g/mol. The van der Waals surface area contributed by atoms with E-state index in [1.54, 1.807) is 0 Å². The maximum absolute atomic E-state index is 13.2. The van der Waals surface area contributed by atoms with E-state index in [2.05, 4.69) is 0 Å². The summed E-state index contributed by atoms with van der Waals surface area (Å²) in [6.45, 7) is 4.07. The fourth-order valence-corrected chi connectivity index (χ4v) is 1.80. The summed E-state index contributed by atoms with van der Waals surface area (Å²) in [4.78, 5) is 0. The molecule has 1 N–H and O–H groups in total. The third kappa shape index (κ3) is 2.69. The zero-order valence-corrected chi connectivity index (χ0v) is 9.38. The standard InChI is InChI=1S/C12H17FO2/c1-8(2)12-9(4-5-14)6-10(13)7-11(12)15-3/h6-8,14H,4-5H2,1-3H3. The Labute approximate surface area is 89.7 Å². The van der Waals surface area contributed by atoms with E-state index in [1.165, 1.54) is 19.2 Å². The van der Waals surface area contributed by atoms with E-state index in [0.29, 0.717) is 12.2 Å². The molecule has 0 radical (unpaired) electrons. The van der Waals surface area contributed by atoms with Crippen molar-refractivity contribution in [3.63, 3.8) is 0 Å². The lowest BCUT2D eigenvalue weighted by atomic mass is 9.94. The largest absolute Gasteiger partial charge is 0.496 e. The fourth-order valence-electron chi connectivity index (χ4n) is 1.80. The molecule has 0 bridgehead atoms. The smallest absolute Gasteiger partial charge is 0.127 e. The monoisotopic (exact) mass is 212 g/mol. The van der Waals surface area contributed by atoms with Crippen LogP contribution in [-0.2, 0) is 6.42 Å². The number of ether oxygens (including phenoxy) is 1. The van der Waals surface area contributed by atoms with Gasteiger partial charge in [-0.1, -0.05) is 13.8 Å². The first-order valence-corrected chi connectivity index (χ1v) is 5.07. The summed E-state index contributed by atoms with van der Waals surface area (Å²) in [7, 11) is 1.53. The Morgan fingerprint density at radius 3 is 2.53 bits per heavy atom. The summed E-state index contributed by atoms with van der Waals surface area (Å²) < 4.78 is 18.4. The molecule has 1 rings (SSSR count). The van der Waals surface area contributed by atoms with E-state index >= 15 is 0 Å². The number of aliphatic hydroxyl groups is 1. The lowest BCUT2D eigenvalue weighted by Gasteiger charge is -2.16. The van der Waals surface area contributed by atoms with E-state index in [9.17, 15) is 4.39 Å². The molecule has 0 unspecified atom stereocenters.